The van der Waals surface area contributed by atoms with Gasteiger partial charge in [0.2, 0.25) is 0 Å². The Morgan fingerprint density at radius 2 is 1.76 bits per heavy atom. The Balaban J connectivity index is 2.62. The summed E-state index contributed by atoms with van der Waals surface area (Å²) in [6, 6.07) is 8.11. The van der Waals surface area contributed by atoms with Crippen LogP contribution >= 0.6 is 50.7 Å². The van der Waals surface area contributed by atoms with Crippen LogP contribution in [0.15, 0.2) is 34.8 Å². The van der Waals surface area contributed by atoms with Gasteiger partial charge in [0.1, 0.15) is 5.82 Å². The maximum absolute atomic E-state index is 14.5. The van der Waals surface area contributed by atoms with E-state index in [-0.39, 0.29) is 5.02 Å². The Morgan fingerprint density at radius 1 is 1.14 bits per heavy atom. The van der Waals surface area contributed by atoms with E-state index in [1.165, 1.54) is 0 Å². The van der Waals surface area contributed by atoms with Gasteiger partial charge in [-0.05, 0) is 40.7 Å². The molecule has 0 aliphatic carbocycles. The lowest BCUT2D eigenvalue weighted by molar-refractivity contribution is 0.559. The van der Waals surface area contributed by atoms with E-state index in [0.29, 0.717) is 32.2 Å². The van der Waals surface area contributed by atoms with E-state index in [0.717, 1.165) is 0 Å². The molecule has 1 atom stereocenters. The van der Waals surface area contributed by atoms with Gasteiger partial charge in [-0.1, -0.05) is 53.9 Å². The van der Waals surface area contributed by atoms with E-state index in [2.05, 4.69) is 21.2 Å². The normalized spacial score (nSPS) is 12.5. The van der Waals surface area contributed by atoms with Crippen molar-refractivity contribution in [3.63, 3.8) is 0 Å². The minimum absolute atomic E-state index is 0.0404. The number of halogens is 5. The first kappa shape index (κ1) is 17.0. The molecule has 0 aliphatic rings. The minimum Gasteiger partial charge on any atom is -0.306 e. The fraction of sp³-hybridized carbons (Fsp3) is 0.200. The molecule has 0 spiro atoms. The molecule has 6 heteroatoms. The van der Waals surface area contributed by atoms with Crippen LogP contribution in [0.2, 0.25) is 15.1 Å². The van der Waals surface area contributed by atoms with Gasteiger partial charge in [-0.2, -0.15) is 0 Å². The maximum atomic E-state index is 14.5. The van der Waals surface area contributed by atoms with Gasteiger partial charge in [0.25, 0.3) is 0 Å². The van der Waals surface area contributed by atoms with E-state index in [1.807, 2.05) is 6.92 Å². The van der Waals surface area contributed by atoms with Gasteiger partial charge in [-0.15, -0.1) is 0 Å². The molecule has 112 valence electrons. The lowest BCUT2D eigenvalue weighted by atomic mass is 9.98. The molecule has 1 nitrogen and oxygen atoms in total. The molecule has 0 saturated heterocycles. The highest BCUT2D eigenvalue weighted by Crippen LogP contribution is 2.38. The minimum atomic E-state index is -0.493. The Morgan fingerprint density at radius 3 is 2.33 bits per heavy atom. The van der Waals surface area contributed by atoms with Crippen molar-refractivity contribution in [2.75, 3.05) is 6.54 Å². The third kappa shape index (κ3) is 3.54. The van der Waals surface area contributed by atoms with Crippen LogP contribution in [0.25, 0.3) is 0 Å². The van der Waals surface area contributed by atoms with Crippen LogP contribution in [0.5, 0.6) is 0 Å². The highest BCUT2D eigenvalue weighted by Gasteiger charge is 2.24. The second kappa shape index (κ2) is 7.30. The van der Waals surface area contributed by atoms with Crippen molar-refractivity contribution in [3.05, 3.63) is 66.8 Å². The molecule has 0 fully saturated rings. The molecule has 1 unspecified atom stereocenters. The van der Waals surface area contributed by atoms with E-state index < -0.39 is 11.9 Å². The topological polar surface area (TPSA) is 12.0 Å². The van der Waals surface area contributed by atoms with Crippen molar-refractivity contribution >= 4 is 50.7 Å². The summed E-state index contributed by atoms with van der Waals surface area (Å²) in [4.78, 5) is 0. The van der Waals surface area contributed by atoms with E-state index in [9.17, 15) is 4.39 Å². The van der Waals surface area contributed by atoms with Crippen LogP contribution in [0, 0.1) is 5.82 Å². The van der Waals surface area contributed by atoms with Crippen molar-refractivity contribution in [2.45, 2.75) is 13.0 Å². The van der Waals surface area contributed by atoms with Crippen LogP contribution in [0.1, 0.15) is 24.1 Å². The highest BCUT2D eigenvalue weighted by molar-refractivity contribution is 9.10. The summed E-state index contributed by atoms with van der Waals surface area (Å²) in [6.07, 6.45) is 0. The molecule has 0 aromatic heterocycles. The largest absolute Gasteiger partial charge is 0.306 e. The summed E-state index contributed by atoms with van der Waals surface area (Å²) in [5.74, 6) is -0.493. The fourth-order valence-electron chi connectivity index (χ4n) is 2.12. The summed E-state index contributed by atoms with van der Waals surface area (Å²) in [5.41, 5.74) is 1.04. The van der Waals surface area contributed by atoms with Gasteiger partial charge < -0.3 is 5.32 Å². The van der Waals surface area contributed by atoms with E-state index in [1.54, 1.807) is 30.3 Å². The van der Waals surface area contributed by atoms with Gasteiger partial charge in [-0.3, -0.25) is 0 Å². The smallest absolute Gasteiger partial charge is 0.148 e. The second-order valence-corrected chi connectivity index (χ2v) is 6.44. The first-order valence-corrected chi connectivity index (χ1v) is 8.20. The zero-order valence-electron chi connectivity index (χ0n) is 11.1. The van der Waals surface area contributed by atoms with Crippen molar-refractivity contribution in [1.29, 1.82) is 0 Å². The number of nitrogens with one attached hydrogen (secondary N) is 1. The van der Waals surface area contributed by atoms with Gasteiger partial charge in [-0.25, -0.2) is 4.39 Å². The van der Waals surface area contributed by atoms with E-state index in [4.69, 9.17) is 34.8 Å². The second-order valence-electron chi connectivity index (χ2n) is 4.39. The Hall–Kier alpha value is -0.320. The summed E-state index contributed by atoms with van der Waals surface area (Å²) >= 11 is 21.7. The Kier molecular flexibility index (Phi) is 5.92. The summed E-state index contributed by atoms with van der Waals surface area (Å²) in [5, 5.41) is 4.20. The van der Waals surface area contributed by atoms with Crippen molar-refractivity contribution in [1.82, 2.24) is 5.32 Å². The third-order valence-electron chi connectivity index (χ3n) is 3.07. The van der Waals surface area contributed by atoms with Crippen molar-refractivity contribution in [2.24, 2.45) is 0 Å². The molecule has 0 heterocycles. The van der Waals surface area contributed by atoms with E-state index >= 15 is 0 Å². The molecule has 2 aromatic carbocycles. The molecule has 0 radical (unpaired) electrons. The molecule has 0 aliphatic heterocycles. The number of benzene rings is 2. The molecule has 0 saturated carbocycles. The summed E-state index contributed by atoms with van der Waals surface area (Å²) in [7, 11) is 0. The van der Waals surface area contributed by atoms with Crippen molar-refractivity contribution in [3.8, 4) is 0 Å². The quantitative estimate of drug-likeness (QED) is 0.587. The van der Waals surface area contributed by atoms with Gasteiger partial charge >= 0.3 is 0 Å². The first-order chi connectivity index (χ1) is 9.97. The maximum Gasteiger partial charge on any atom is 0.148 e. The average Bonchev–Trinajstić information content (AvgIpc) is 2.44. The molecular formula is C15H12BrCl3FN. The fourth-order valence-corrected chi connectivity index (χ4v) is 3.22. The Bertz CT molecular complexity index is 643. The molecule has 21 heavy (non-hydrogen) atoms. The monoisotopic (exact) mass is 409 g/mol. The Labute approximate surface area is 146 Å². The first-order valence-electron chi connectivity index (χ1n) is 6.28. The van der Waals surface area contributed by atoms with Gasteiger partial charge in [0.05, 0.1) is 11.1 Å². The number of hydrogen-bond acceptors (Lipinski definition) is 1. The molecule has 0 bridgehead atoms. The SMILES string of the molecule is CCNC(c1ccc(Br)c(Cl)c1F)c1c(Cl)cccc1Cl. The predicted molar refractivity (Wildman–Crippen MR) is 91.1 cm³/mol. The lowest BCUT2D eigenvalue weighted by Gasteiger charge is -2.22. The molecule has 1 N–H and O–H groups in total. The standard InChI is InChI=1S/C15H12BrCl3FN/c1-2-21-15(12-10(17)4-3-5-11(12)18)8-6-7-9(16)13(19)14(8)20/h3-7,15,21H,2H2,1H3. The summed E-state index contributed by atoms with van der Waals surface area (Å²) in [6.45, 7) is 2.55. The van der Waals surface area contributed by atoms with Gasteiger partial charge in [0, 0.05) is 25.6 Å². The van der Waals surface area contributed by atoms with Crippen molar-refractivity contribution < 1.29 is 4.39 Å². The highest BCUT2D eigenvalue weighted by atomic mass is 79.9. The average molecular weight is 412 g/mol. The van der Waals surface area contributed by atoms with Crippen LogP contribution in [-0.4, -0.2) is 6.54 Å². The molecule has 0 amide bonds. The van der Waals surface area contributed by atoms with Crippen LogP contribution in [0.3, 0.4) is 0 Å². The number of hydrogen-bond donors (Lipinski definition) is 1. The van der Waals surface area contributed by atoms with Gasteiger partial charge in [0.15, 0.2) is 0 Å². The zero-order chi connectivity index (χ0) is 15.6. The number of rotatable bonds is 4. The molecular weight excluding hydrogens is 399 g/mol. The van der Waals surface area contributed by atoms with Crippen LogP contribution < -0.4 is 5.32 Å². The molecule has 2 aromatic rings. The molecule has 2 rings (SSSR count). The predicted octanol–water partition coefficient (Wildman–Crippen LogP) is 6.25. The summed E-state index contributed by atoms with van der Waals surface area (Å²) < 4.78 is 15.0. The zero-order valence-corrected chi connectivity index (χ0v) is 14.9. The van der Waals surface area contributed by atoms with Crippen LogP contribution in [0.4, 0.5) is 4.39 Å². The third-order valence-corrected chi connectivity index (χ3v) is 4.99. The van der Waals surface area contributed by atoms with Crippen LogP contribution in [-0.2, 0) is 0 Å². The lowest BCUT2D eigenvalue weighted by Crippen LogP contribution is -2.23.